The minimum atomic E-state index is -1.13. The number of fused-ring (bicyclic) bond motifs is 3. The van der Waals surface area contributed by atoms with E-state index in [4.69, 9.17) is 14.6 Å². The van der Waals surface area contributed by atoms with Crippen molar-refractivity contribution < 1.29 is 23.9 Å². The molecule has 63 heavy (non-hydrogen) atoms. The van der Waals surface area contributed by atoms with Crippen LogP contribution in [0.4, 0.5) is 5.69 Å². The fourth-order valence-electron chi connectivity index (χ4n) is 9.33. The molecule has 326 valence electrons. The predicted molar refractivity (Wildman–Crippen MR) is 250 cm³/mol. The number of rotatable bonds is 14. The number of para-hydroxylation sites is 1. The summed E-state index contributed by atoms with van der Waals surface area (Å²) in [6.07, 6.45) is 1.98. The molecule has 9 rings (SSSR count). The second kappa shape index (κ2) is 18.9. The van der Waals surface area contributed by atoms with Crippen LogP contribution >= 0.6 is 0 Å². The standard InChI is InChI=1S/C50H55N7O5S/c1-52(2)63(60)56-30-28-55(29-31-56)38-22-24-39(25-23-38)62-35-44-47-43-19-10-18-41-42(20-11-32-61-46-21-9-16-37-15-7-8-17-40(37)46)49(50(58)59)57(48(41)43)27-12-26-54(34-45(47)53(3)51-44)33-36-13-5-4-6-14-36/h4-10,13-19,21-25H,11-12,20,26-35H2,1-3H3,(H,58,59). The van der Waals surface area contributed by atoms with Crippen molar-refractivity contribution in [3.05, 3.63) is 143 Å². The monoisotopic (exact) mass is 865 g/mol. The third-order valence-corrected chi connectivity index (χ3v) is 13.7. The summed E-state index contributed by atoms with van der Waals surface area (Å²) in [6, 6.07) is 39.2. The number of piperazine rings is 1. The number of aryl methyl sites for hydroxylation is 3. The molecule has 2 aromatic heterocycles. The lowest BCUT2D eigenvalue weighted by Crippen LogP contribution is -2.51. The molecule has 1 saturated heterocycles. The average molecular weight is 866 g/mol. The molecular weight excluding hydrogens is 811 g/mol. The summed E-state index contributed by atoms with van der Waals surface area (Å²) in [5.74, 6) is 0.640. The van der Waals surface area contributed by atoms with Crippen molar-refractivity contribution in [3.63, 3.8) is 0 Å². The molecule has 1 N–H and O–H groups in total. The zero-order valence-corrected chi connectivity index (χ0v) is 37.1. The van der Waals surface area contributed by atoms with E-state index >= 15 is 0 Å². The van der Waals surface area contributed by atoms with Crippen LogP contribution in [-0.4, -0.2) is 96.9 Å². The Labute approximate surface area is 372 Å². The summed E-state index contributed by atoms with van der Waals surface area (Å²) in [4.78, 5) is 18.2. The largest absolute Gasteiger partial charge is 0.578 e. The molecule has 0 aliphatic carbocycles. The maximum Gasteiger partial charge on any atom is 0.352 e. The lowest BCUT2D eigenvalue weighted by Gasteiger charge is -2.36. The molecule has 1 atom stereocenters. The van der Waals surface area contributed by atoms with Crippen LogP contribution in [0.5, 0.6) is 11.5 Å². The lowest BCUT2D eigenvalue weighted by molar-refractivity contribution is 0.0683. The van der Waals surface area contributed by atoms with Crippen LogP contribution in [0.1, 0.15) is 45.8 Å². The number of aromatic nitrogens is 3. The van der Waals surface area contributed by atoms with E-state index in [1.165, 1.54) is 5.56 Å². The highest BCUT2D eigenvalue weighted by Gasteiger charge is 2.30. The summed E-state index contributed by atoms with van der Waals surface area (Å²) in [7, 11) is 5.68. The van der Waals surface area contributed by atoms with Crippen LogP contribution in [0.3, 0.4) is 0 Å². The van der Waals surface area contributed by atoms with Crippen molar-refractivity contribution >= 4 is 44.9 Å². The maximum atomic E-state index is 13.4. The molecule has 1 unspecified atom stereocenters. The Morgan fingerprint density at radius 3 is 2.33 bits per heavy atom. The van der Waals surface area contributed by atoms with E-state index in [0.717, 1.165) is 113 Å². The summed E-state index contributed by atoms with van der Waals surface area (Å²) >= 11 is -1.13. The number of ether oxygens (including phenoxy) is 2. The van der Waals surface area contributed by atoms with Gasteiger partial charge >= 0.3 is 5.97 Å². The Morgan fingerprint density at radius 1 is 0.825 bits per heavy atom. The number of carbonyl (C=O) groups is 1. The first kappa shape index (κ1) is 42.5. The highest BCUT2D eigenvalue weighted by molar-refractivity contribution is 7.86. The van der Waals surface area contributed by atoms with Crippen LogP contribution in [0.15, 0.2) is 115 Å². The SMILES string of the molecule is CN(C)[S+]([O-])N1CCN(c2ccc(OCc3nn(C)c4c3-c3cccc5c(CCCOc6cccc7ccccc67)c(C(=O)O)n(c35)CCCN(Cc3ccccc3)C4)cc2)CC1. The molecule has 0 bridgehead atoms. The Balaban J connectivity index is 1.03. The van der Waals surface area contributed by atoms with Crippen molar-refractivity contribution in [3.8, 4) is 22.6 Å². The molecule has 12 nitrogen and oxygen atoms in total. The van der Waals surface area contributed by atoms with Gasteiger partial charge in [-0.25, -0.2) is 4.79 Å². The molecule has 0 spiro atoms. The minimum absolute atomic E-state index is 0.234. The number of benzene rings is 5. The molecule has 0 saturated carbocycles. The number of carboxylic acids is 1. The van der Waals surface area contributed by atoms with Crippen molar-refractivity contribution in [1.82, 2.24) is 27.9 Å². The van der Waals surface area contributed by atoms with Crippen LogP contribution in [-0.2, 0) is 51.3 Å². The van der Waals surface area contributed by atoms with Gasteiger partial charge in [-0.15, -0.1) is 8.61 Å². The van der Waals surface area contributed by atoms with E-state index in [2.05, 4.69) is 87.2 Å². The zero-order chi connectivity index (χ0) is 43.5. The van der Waals surface area contributed by atoms with E-state index in [-0.39, 0.29) is 6.61 Å². The molecule has 4 heterocycles. The number of carboxylic acid groups (broad SMARTS) is 1. The average Bonchev–Trinajstić information content (AvgIpc) is 3.80. The number of hydrogen-bond donors (Lipinski definition) is 1. The van der Waals surface area contributed by atoms with Crippen LogP contribution in [0.2, 0.25) is 0 Å². The van der Waals surface area contributed by atoms with Gasteiger partial charge in [0.05, 0.1) is 30.9 Å². The van der Waals surface area contributed by atoms with Gasteiger partial charge < -0.3 is 28.6 Å². The molecule has 2 aliphatic heterocycles. The van der Waals surface area contributed by atoms with Crippen molar-refractivity contribution in [1.29, 1.82) is 0 Å². The second-order valence-corrected chi connectivity index (χ2v) is 18.3. The van der Waals surface area contributed by atoms with Crippen LogP contribution < -0.4 is 14.4 Å². The molecule has 0 radical (unpaired) electrons. The second-order valence-electron chi connectivity index (χ2n) is 16.6. The quantitative estimate of drug-likeness (QED) is 0.0849. The van der Waals surface area contributed by atoms with Gasteiger partial charge in [0.2, 0.25) is 0 Å². The number of hydrogen-bond acceptors (Lipinski definition) is 9. The minimum Gasteiger partial charge on any atom is -0.578 e. The fourth-order valence-corrected chi connectivity index (χ4v) is 10.3. The van der Waals surface area contributed by atoms with Gasteiger partial charge in [0, 0.05) is 88.0 Å². The topological polar surface area (TPSA) is 115 Å². The fraction of sp³-hybridized carbons (Fsp3) is 0.320. The van der Waals surface area contributed by atoms with E-state index in [9.17, 15) is 14.5 Å². The van der Waals surface area contributed by atoms with E-state index in [0.29, 0.717) is 38.2 Å². The number of aromatic carboxylic acids is 1. The van der Waals surface area contributed by atoms with E-state index in [1.54, 1.807) is 4.31 Å². The van der Waals surface area contributed by atoms with Crippen molar-refractivity contribution in [2.24, 2.45) is 7.05 Å². The zero-order valence-electron chi connectivity index (χ0n) is 36.3. The Kier molecular flexibility index (Phi) is 12.7. The molecule has 0 amide bonds. The lowest BCUT2D eigenvalue weighted by atomic mass is 9.97. The van der Waals surface area contributed by atoms with Gasteiger partial charge in [-0.1, -0.05) is 84.9 Å². The Hall–Kier alpha value is -5.83. The van der Waals surface area contributed by atoms with Gasteiger partial charge in [-0.3, -0.25) is 9.58 Å². The molecule has 13 heteroatoms. The normalized spacial score (nSPS) is 15.5. The summed E-state index contributed by atoms with van der Waals surface area (Å²) < 4.78 is 33.2. The predicted octanol–water partition coefficient (Wildman–Crippen LogP) is 8.15. The first-order valence-electron chi connectivity index (χ1n) is 21.8. The molecule has 2 aliphatic rings. The van der Waals surface area contributed by atoms with Gasteiger partial charge in [-0.05, 0) is 66.1 Å². The molecular formula is C50H55N7O5S. The van der Waals surface area contributed by atoms with Gasteiger partial charge in [0.25, 0.3) is 0 Å². The van der Waals surface area contributed by atoms with Gasteiger partial charge in [0.1, 0.15) is 41.0 Å². The maximum absolute atomic E-state index is 13.4. The van der Waals surface area contributed by atoms with E-state index in [1.807, 2.05) is 72.6 Å². The third kappa shape index (κ3) is 9.02. The van der Waals surface area contributed by atoms with Gasteiger partial charge in [0.15, 0.2) is 0 Å². The third-order valence-electron chi connectivity index (χ3n) is 12.3. The number of anilines is 1. The summed E-state index contributed by atoms with van der Waals surface area (Å²) in [5.41, 5.74) is 8.21. The number of nitrogens with zero attached hydrogens (tertiary/aromatic N) is 7. The highest BCUT2D eigenvalue weighted by atomic mass is 32.2. The Morgan fingerprint density at radius 2 is 1.56 bits per heavy atom. The Bertz CT molecular complexity index is 2690. The molecule has 1 fully saturated rings. The first-order chi connectivity index (χ1) is 30.7. The first-order valence-corrected chi connectivity index (χ1v) is 22.9. The van der Waals surface area contributed by atoms with Crippen LogP contribution in [0, 0.1) is 0 Å². The van der Waals surface area contributed by atoms with Crippen LogP contribution in [0.25, 0.3) is 32.8 Å². The molecule has 5 aromatic carbocycles. The van der Waals surface area contributed by atoms with Crippen molar-refractivity contribution in [2.75, 3.05) is 58.3 Å². The van der Waals surface area contributed by atoms with Crippen molar-refractivity contribution in [2.45, 2.75) is 45.5 Å². The van der Waals surface area contributed by atoms with Gasteiger partial charge in [-0.2, -0.15) is 5.10 Å². The highest BCUT2D eigenvalue weighted by Crippen LogP contribution is 2.40. The van der Waals surface area contributed by atoms with E-state index < -0.39 is 17.5 Å². The molecule has 7 aromatic rings. The summed E-state index contributed by atoms with van der Waals surface area (Å²) in [6.45, 7) is 6.47. The summed E-state index contributed by atoms with van der Waals surface area (Å²) in [5, 5.41) is 19.3. The smallest absolute Gasteiger partial charge is 0.352 e.